The first-order valence-electron chi connectivity index (χ1n) is 10.2. The van der Waals surface area contributed by atoms with Crippen LogP contribution in [0.5, 0.6) is 5.75 Å². The first kappa shape index (κ1) is 23.4. The molecule has 0 saturated heterocycles. The van der Waals surface area contributed by atoms with E-state index in [-0.39, 0.29) is 30.4 Å². The number of carbonyl (C=O) groups excluding carboxylic acids is 2. The molecule has 0 atom stereocenters. The predicted octanol–water partition coefficient (Wildman–Crippen LogP) is 3.76. The number of urea groups is 1. The van der Waals surface area contributed by atoms with Gasteiger partial charge in [0.25, 0.3) is 0 Å². The molecule has 0 aliphatic carbocycles. The smallest absolute Gasteiger partial charge is 0.319 e. The van der Waals surface area contributed by atoms with E-state index in [9.17, 15) is 9.59 Å². The van der Waals surface area contributed by atoms with Crippen LogP contribution in [0.3, 0.4) is 0 Å². The van der Waals surface area contributed by atoms with Gasteiger partial charge in [0.05, 0.1) is 31.5 Å². The molecule has 0 aliphatic heterocycles. The van der Waals surface area contributed by atoms with Crippen LogP contribution in [0.15, 0.2) is 18.2 Å². The molecule has 0 aliphatic rings. The summed E-state index contributed by atoms with van der Waals surface area (Å²) in [6.07, 6.45) is 0.0841. The van der Waals surface area contributed by atoms with E-state index in [4.69, 9.17) is 16.3 Å². The summed E-state index contributed by atoms with van der Waals surface area (Å²) >= 11 is 6.52. The Balaban J connectivity index is 1.92. The van der Waals surface area contributed by atoms with Gasteiger partial charge in [-0.15, -0.1) is 5.10 Å². The molecule has 0 spiro atoms. The molecule has 3 N–H and O–H groups in total. The van der Waals surface area contributed by atoms with Crippen LogP contribution in [0.2, 0.25) is 5.02 Å². The lowest BCUT2D eigenvalue weighted by molar-refractivity contribution is -0.141. The molecule has 0 unspecified atom stereocenters. The van der Waals surface area contributed by atoms with Crippen molar-refractivity contribution in [2.75, 3.05) is 25.6 Å². The summed E-state index contributed by atoms with van der Waals surface area (Å²) < 4.78 is 11.8. The van der Waals surface area contributed by atoms with Crippen LogP contribution in [0, 0.1) is 0 Å². The first-order chi connectivity index (χ1) is 15.1. The molecule has 172 valence electrons. The van der Waals surface area contributed by atoms with Gasteiger partial charge in [-0.1, -0.05) is 32.4 Å². The molecule has 2 aromatic heterocycles. The highest BCUT2D eigenvalue weighted by molar-refractivity contribution is 6.34. The fourth-order valence-electron chi connectivity index (χ4n) is 2.98. The highest BCUT2D eigenvalue weighted by Gasteiger charge is 2.24. The van der Waals surface area contributed by atoms with Crippen LogP contribution in [-0.4, -0.2) is 52.1 Å². The van der Waals surface area contributed by atoms with Crippen molar-refractivity contribution in [3.63, 3.8) is 0 Å². The number of H-pyrrole nitrogens is 1. The summed E-state index contributed by atoms with van der Waals surface area (Å²) in [5, 5.41) is 13.6. The molecule has 3 rings (SSSR count). The van der Waals surface area contributed by atoms with E-state index in [1.807, 2.05) is 27.7 Å². The largest absolute Gasteiger partial charge is 0.491 e. The molecule has 2 amide bonds. The fourth-order valence-corrected chi connectivity index (χ4v) is 3.43. The van der Waals surface area contributed by atoms with Crippen molar-refractivity contribution < 1.29 is 19.1 Å². The maximum atomic E-state index is 12.1. The van der Waals surface area contributed by atoms with Crippen molar-refractivity contribution in [3.05, 3.63) is 28.9 Å². The molecule has 10 nitrogen and oxygen atoms in total. The summed E-state index contributed by atoms with van der Waals surface area (Å²) in [4.78, 5) is 28.0. The number of aromatic amines is 1. The molecule has 0 radical (unpaired) electrons. The normalized spacial score (nSPS) is 11.4. The number of benzene rings is 1. The number of amides is 2. The van der Waals surface area contributed by atoms with Gasteiger partial charge in [0.15, 0.2) is 11.5 Å². The Labute approximate surface area is 190 Å². The molecular formula is C21H27ClN6O4. The van der Waals surface area contributed by atoms with E-state index in [2.05, 4.69) is 30.6 Å². The van der Waals surface area contributed by atoms with Crippen molar-refractivity contribution >= 4 is 34.9 Å². The number of aromatic nitrogens is 4. The average molecular weight is 463 g/mol. The minimum Gasteiger partial charge on any atom is -0.491 e. The van der Waals surface area contributed by atoms with Crippen molar-refractivity contribution in [2.45, 2.75) is 39.5 Å². The molecule has 0 saturated carbocycles. The number of halogens is 1. The van der Waals surface area contributed by atoms with E-state index in [1.165, 1.54) is 11.7 Å². The third kappa shape index (κ3) is 5.13. The van der Waals surface area contributed by atoms with Gasteiger partial charge in [-0.25, -0.2) is 9.78 Å². The lowest BCUT2D eigenvalue weighted by atomic mass is 9.92. The zero-order valence-electron chi connectivity index (χ0n) is 18.7. The van der Waals surface area contributed by atoms with Gasteiger partial charge < -0.3 is 20.1 Å². The first-order valence-corrected chi connectivity index (χ1v) is 10.6. The highest BCUT2D eigenvalue weighted by atomic mass is 35.5. The molecule has 0 bridgehead atoms. The quantitative estimate of drug-likeness (QED) is 0.459. The Morgan fingerprint density at radius 3 is 2.66 bits per heavy atom. The summed E-state index contributed by atoms with van der Waals surface area (Å²) in [6.45, 7) is 8.52. The maximum absolute atomic E-state index is 12.1. The minimum atomic E-state index is -0.386. The van der Waals surface area contributed by atoms with E-state index in [0.717, 1.165) is 5.69 Å². The summed E-state index contributed by atoms with van der Waals surface area (Å²) in [5.74, 6) is 0.448. The molecule has 3 aromatic rings. The standard InChI is InChI=1S/C21H27ClN6O4/c1-6-23-20(30)24-13-11-12(7-8-14(13)32-10-9-15(29)31-5)18-25-19-16(22)17(21(2,3)4)26-28(19)27-18/h7-8,11,26H,6,9-10H2,1-5H3,(H2,23,24,30). The summed E-state index contributed by atoms with van der Waals surface area (Å²) in [5.41, 5.74) is 2.24. The fraction of sp³-hybridized carbons (Fsp3) is 0.429. The second-order valence-electron chi connectivity index (χ2n) is 8.09. The number of ether oxygens (including phenoxy) is 2. The van der Waals surface area contributed by atoms with Gasteiger partial charge >= 0.3 is 12.0 Å². The van der Waals surface area contributed by atoms with Crippen LogP contribution in [0.25, 0.3) is 17.0 Å². The van der Waals surface area contributed by atoms with E-state index < -0.39 is 0 Å². The number of methoxy groups -OCH3 is 1. The second-order valence-corrected chi connectivity index (χ2v) is 8.47. The van der Waals surface area contributed by atoms with Crippen LogP contribution in [0.4, 0.5) is 10.5 Å². The van der Waals surface area contributed by atoms with Gasteiger partial charge in [-0.05, 0) is 25.1 Å². The van der Waals surface area contributed by atoms with Crippen LogP contribution < -0.4 is 15.4 Å². The third-order valence-electron chi connectivity index (χ3n) is 4.61. The third-order valence-corrected chi connectivity index (χ3v) is 4.96. The van der Waals surface area contributed by atoms with Gasteiger partial charge in [-0.3, -0.25) is 9.89 Å². The number of carbonyl (C=O) groups is 2. The molecular weight excluding hydrogens is 436 g/mol. The monoisotopic (exact) mass is 462 g/mol. The Morgan fingerprint density at radius 2 is 2.03 bits per heavy atom. The summed E-state index contributed by atoms with van der Waals surface area (Å²) in [6, 6.07) is 4.77. The zero-order chi connectivity index (χ0) is 23.5. The lowest BCUT2D eigenvalue weighted by Gasteiger charge is -2.16. The number of hydrogen-bond acceptors (Lipinski definition) is 6. The van der Waals surface area contributed by atoms with Crippen molar-refractivity contribution in [1.29, 1.82) is 0 Å². The number of nitrogens with zero attached hydrogens (tertiary/aromatic N) is 3. The summed E-state index contributed by atoms with van der Waals surface area (Å²) in [7, 11) is 1.31. The Hall–Kier alpha value is -3.27. The van der Waals surface area contributed by atoms with Gasteiger partial charge in [0, 0.05) is 17.5 Å². The zero-order valence-corrected chi connectivity index (χ0v) is 19.5. The number of nitrogens with one attached hydrogen (secondary N) is 3. The molecule has 2 heterocycles. The number of esters is 1. The number of hydrogen-bond donors (Lipinski definition) is 3. The Kier molecular flexibility index (Phi) is 6.93. The second kappa shape index (κ2) is 9.47. The van der Waals surface area contributed by atoms with Crippen molar-refractivity contribution in [3.8, 4) is 17.1 Å². The lowest BCUT2D eigenvalue weighted by Crippen LogP contribution is -2.28. The number of rotatable bonds is 7. The van der Waals surface area contributed by atoms with Crippen LogP contribution in [-0.2, 0) is 14.9 Å². The topological polar surface area (TPSA) is 123 Å². The molecule has 0 fully saturated rings. The van der Waals surface area contributed by atoms with Gasteiger partial charge in [-0.2, -0.15) is 4.63 Å². The van der Waals surface area contributed by atoms with Gasteiger partial charge in [0.2, 0.25) is 0 Å². The van der Waals surface area contributed by atoms with E-state index in [1.54, 1.807) is 18.2 Å². The maximum Gasteiger partial charge on any atom is 0.319 e. The predicted molar refractivity (Wildman–Crippen MR) is 121 cm³/mol. The van der Waals surface area contributed by atoms with Crippen molar-refractivity contribution in [2.24, 2.45) is 0 Å². The van der Waals surface area contributed by atoms with Crippen LogP contribution in [0.1, 0.15) is 39.8 Å². The number of fused-ring (bicyclic) bond motifs is 1. The SMILES string of the molecule is CCNC(=O)Nc1cc(-c2nc3c(Cl)c(C(C)(C)C)[nH]n3n2)ccc1OCCC(=O)OC. The molecule has 32 heavy (non-hydrogen) atoms. The van der Waals surface area contributed by atoms with Gasteiger partial charge in [0.1, 0.15) is 10.8 Å². The minimum absolute atomic E-state index is 0.0841. The van der Waals surface area contributed by atoms with E-state index >= 15 is 0 Å². The van der Waals surface area contributed by atoms with Crippen LogP contribution >= 0.6 is 11.6 Å². The van der Waals surface area contributed by atoms with E-state index in [0.29, 0.717) is 40.0 Å². The molecule has 11 heteroatoms. The average Bonchev–Trinajstić information content (AvgIpc) is 3.28. The molecule has 1 aromatic carbocycles. The number of anilines is 1. The van der Waals surface area contributed by atoms with Crippen molar-refractivity contribution in [1.82, 2.24) is 25.1 Å². The Morgan fingerprint density at radius 1 is 1.28 bits per heavy atom. The Bertz CT molecular complexity index is 1130. The highest BCUT2D eigenvalue weighted by Crippen LogP contribution is 2.33.